The summed E-state index contributed by atoms with van der Waals surface area (Å²) in [6.45, 7) is 1.72. The van der Waals surface area contributed by atoms with E-state index in [1.54, 1.807) is 6.07 Å². The topological polar surface area (TPSA) is 66.5 Å². The van der Waals surface area contributed by atoms with E-state index in [2.05, 4.69) is 5.32 Å². The van der Waals surface area contributed by atoms with E-state index in [-0.39, 0.29) is 18.5 Å². The number of nitrogens with zero attached hydrogens (tertiary/aromatic N) is 1. The second-order valence-corrected chi connectivity index (χ2v) is 6.43. The van der Waals surface area contributed by atoms with E-state index in [0.717, 1.165) is 5.56 Å². The lowest BCUT2D eigenvalue weighted by Gasteiger charge is -2.34. The maximum Gasteiger partial charge on any atom is 0.232 e. The predicted molar refractivity (Wildman–Crippen MR) is 69.9 cm³/mol. The van der Waals surface area contributed by atoms with Crippen LogP contribution in [-0.4, -0.2) is 33.2 Å². The van der Waals surface area contributed by atoms with Crippen LogP contribution in [0.2, 0.25) is 0 Å². The molecule has 1 N–H and O–H groups in total. The molecule has 5 nitrogen and oxygen atoms in total. The van der Waals surface area contributed by atoms with Crippen LogP contribution in [0.25, 0.3) is 0 Å². The average Bonchev–Trinajstić information content (AvgIpc) is 2.25. The molecule has 0 fully saturated rings. The van der Waals surface area contributed by atoms with Crippen LogP contribution in [0.5, 0.6) is 0 Å². The van der Waals surface area contributed by atoms with E-state index in [4.69, 9.17) is 0 Å². The SMILES string of the molecule is CC(=O)N[C@@H]1Cc2ccccc2N(S(C)(=O)=O)C1. The number of hydrogen-bond acceptors (Lipinski definition) is 3. The fourth-order valence-corrected chi connectivity index (χ4v) is 3.24. The molecular weight excluding hydrogens is 252 g/mol. The molecule has 0 spiro atoms. The largest absolute Gasteiger partial charge is 0.351 e. The highest BCUT2D eigenvalue weighted by molar-refractivity contribution is 7.92. The number of benzene rings is 1. The van der Waals surface area contributed by atoms with Crippen molar-refractivity contribution in [2.24, 2.45) is 0 Å². The number of amides is 1. The Kier molecular flexibility index (Phi) is 3.30. The summed E-state index contributed by atoms with van der Waals surface area (Å²) in [7, 11) is -3.33. The Hall–Kier alpha value is -1.56. The number of anilines is 1. The maximum atomic E-state index is 11.8. The van der Waals surface area contributed by atoms with Gasteiger partial charge in [-0.05, 0) is 18.1 Å². The van der Waals surface area contributed by atoms with E-state index >= 15 is 0 Å². The predicted octanol–water partition coefficient (Wildman–Crippen LogP) is 0.513. The van der Waals surface area contributed by atoms with Crippen LogP contribution in [-0.2, 0) is 21.2 Å². The van der Waals surface area contributed by atoms with Gasteiger partial charge >= 0.3 is 0 Å². The first kappa shape index (κ1) is 12.9. The van der Waals surface area contributed by atoms with E-state index in [9.17, 15) is 13.2 Å². The van der Waals surface area contributed by atoms with Gasteiger partial charge in [0.2, 0.25) is 15.9 Å². The molecular formula is C12H16N2O3S. The first-order valence-corrected chi connectivity index (χ1v) is 7.55. The van der Waals surface area contributed by atoms with Gasteiger partial charge in [0.05, 0.1) is 24.5 Å². The van der Waals surface area contributed by atoms with Crippen LogP contribution in [0.4, 0.5) is 5.69 Å². The fourth-order valence-electron chi connectivity index (χ4n) is 2.25. The van der Waals surface area contributed by atoms with Crippen LogP contribution < -0.4 is 9.62 Å². The summed E-state index contributed by atoms with van der Waals surface area (Å²) in [6, 6.07) is 7.19. The summed E-state index contributed by atoms with van der Waals surface area (Å²) in [5, 5.41) is 2.78. The van der Waals surface area contributed by atoms with E-state index in [1.807, 2.05) is 18.2 Å². The summed E-state index contributed by atoms with van der Waals surface area (Å²) in [5.74, 6) is -0.146. The molecule has 1 aromatic carbocycles. The van der Waals surface area contributed by atoms with Gasteiger partial charge in [0.1, 0.15) is 0 Å². The lowest BCUT2D eigenvalue weighted by atomic mass is 10.00. The molecule has 1 aliphatic heterocycles. The highest BCUT2D eigenvalue weighted by Crippen LogP contribution is 2.28. The minimum Gasteiger partial charge on any atom is -0.351 e. The van der Waals surface area contributed by atoms with Crippen LogP contribution in [0.15, 0.2) is 24.3 Å². The average molecular weight is 268 g/mol. The molecule has 0 bridgehead atoms. The number of para-hydroxylation sites is 1. The molecule has 0 saturated heterocycles. The Morgan fingerprint density at radius 2 is 2.06 bits per heavy atom. The van der Waals surface area contributed by atoms with Crippen molar-refractivity contribution in [3.05, 3.63) is 29.8 Å². The van der Waals surface area contributed by atoms with Crippen LogP contribution in [0.3, 0.4) is 0 Å². The molecule has 0 unspecified atom stereocenters. The van der Waals surface area contributed by atoms with E-state index < -0.39 is 10.0 Å². The van der Waals surface area contributed by atoms with Gasteiger partial charge in [-0.3, -0.25) is 9.10 Å². The zero-order valence-electron chi connectivity index (χ0n) is 10.4. The number of carbonyl (C=O) groups excluding carboxylic acids is 1. The van der Waals surface area contributed by atoms with Gasteiger partial charge in [-0.2, -0.15) is 0 Å². The first-order chi connectivity index (χ1) is 8.38. The minimum atomic E-state index is -3.33. The van der Waals surface area contributed by atoms with Crippen molar-refractivity contribution in [3.8, 4) is 0 Å². The monoisotopic (exact) mass is 268 g/mol. The molecule has 2 rings (SSSR count). The van der Waals surface area contributed by atoms with Gasteiger partial charge < -0.3 is 5.32 Å². The van der Waals surface area contributed by atoms with Crippen molar-refractivity contribution in [3.63, 3.8) is 0 Å². The maximum absolute atomic E-state index is 11.8. The molecule has 0 radical (unpaired) electrons. The van der Waals surface area contributed by atoms with Crippen molar-refractivity contribution in [1.29, 1.82) is 0 Å². The standard InChI is InChI=1S/C12H16N2O3S/c1-9(15)13-11-7-10-5-3-4-6-12(10)14(8-11)18(2,16)17/h3-6,11H,7-8H2,1-2H3,(H,13,15)/t11-/m1/s1. The fraction of sp³-hybridized carbons (Fsp3) is 0.417. The molecule has 18 heavy (non-hydrogen) atoms. The molecule has 0 aromatic heterocycles. The van der Waals surface area contributed by atoms with Gasteiger partial charge in [0.15, 0.2) is 0 Å². The molecule has 0 saturated carbocycles. The third-order valence-electron chi connectivity index (χ3n) is 2.92. The third-order valence-corrected chi connectivity index (χ3v) is 4.07. The number of carbonyl (C=O) groups is 1. The zero-order chi connectivity index (χ0) is 13.3. The van der Waals surface area contributed by atoms with Crippen molar-refractivity contribution in [1.82, 2.24) is 5.32 Å². The van der Waals surface area contributed by atoms with Gasteiger partial charge in [-0.1, -0.05) is 18.2 Å². The lowest BCUT2D eigenvalue weighted by molar-refractivity contribution is -0.119. The summed E-state index contributed by atoms with van der Waals surface area (Å²) in [4.78, 5) is 11.1. The van der Waals surface area contributed by atoms with Crippen LogP contribution >= 0.6 is 0 Å². The normalized spacial score (nSPS) is 19.2. The molecule has 98 valence electrons. The first-order valence-electron chi connectivity index (χ1n) is 5.70. The number of sulfonamides is 1. The van der Waals surface area contributed by atoms with Crippen molar-refractivity contribution >= 4 is 21.6 Å². The van der Waals surface area contributed by atoms with Gasteiger partial charge in [0.25, 0.3) is 0 Å². The van der Waals surface area contributed by atoms with Crippen LogP contribution in [0, 0.1) is 0 Å². The zero-order valence-corrected chi connectivity index (χ0v) is 11.2. The Labute approximate surface area is 107 Å². The summed E-state index contributed by atoms with van der Waals surface area (Å²) in [5.41, 5.74) is 1.65. The number of rotatable bonds is 2. The summed E-state index contributed by atoms with van der Waals surface area (Å²) in [6.07, 6.45) is 1.84. The van der Waals surface area contributed by atoms with Crippen LogP contribution in [0.1, 0.15) is 12.5 Å². The minimum absolute atomic E-state index is 0.146. The molecule has 0 aliphatic carbocycles. The molecule has 1 atom stereocenters. The molecule has 1 heterocycles. The Morgan fingerprint density at radius 3 is 2.67 bits per heavy atom. The van der Waals surface area contributed by atoms with Crippen molar-refractivity contribution in [2.45, 2.75) is 19.4 Å². The molecule has 1 amide bonds. The molecule has 1 aliphatic rings. The van der Waals surface area contributed by atoms with Gasteiger partial charge in [-0.15, -0.1) is 0 Å². The quantitative estimate of drug-likeness (QED) is 0.850. The second kappa shape index (κ2) is 4.61. The number of fused-ring (bicyclic) bond motifs is 1. The van der Waals surface area contributed by atoms with Gasteiger partial charge in [-0.25, -0.2) is 8.42 Å². The summed E-state index contributed by atoms with van der Waals surface area (Å²) < 4.78 is 24.9. The van der Waals surface area contributed by atoms with E-state index in [0.29, 0.717) is 12.1 Å². The Balaban J connectivity index is 2.38. The lowest BCUT2D eigenvalue weighted by Crippen LogP contribution is -2.49. The van der Waals surface area contributed by atoms with Crippen molar-refractivity contribution in [2.75, 3.05) is 17.1 Å². The van der Waals surface area contributed by atoms with Gasteiger partial charge in [0, 0.05) is 6.92 Å². The summed E-state index contributed by atoms with van der Waals surface area (Å²) >= 11 is 0. The van der Waals surface area contributed by atoms with Crippen molar-refractivity contribution < 1.29 is 13.2 Å². The third kappa shape index (κ3) is 2.64. The highest BCUT2D eigenvalue weighted by atomic mass is 32.2. The van der Waals surface area contributed by atoms with E-state index in [1.165, 1.54) is 17.5 Å². The molecule has 1 aromatic rings. The Bertz CT molecular complexity index is 568. The number of hydrogen-bond donors (Lipinski definition) is 1. The smallest absolute Gasteiger partial charge is 0.232 e. The number of nitrogens with one attached hydrogen (secondary N) is 1. The highest BCUT2D eigenvalue weighted by Gasteiger charge is 2.29. The molecule has 6 heteroatoms. The Morgan fingerprint density at radius 1 is 1.39 bits per heavy atom. The second-order valence-electron chi connectivity index (χ2n) is 4.52.